The lowest BCUT2D eigenvalue weighted by Crippen LogP contribution is -2.41. The topological polar surface area (TPSA) is 77.8 Å². The molecule has 1 fully saturated rings. The van der Waals surface area contributed by atoms with E-state index in [-0.39, 0.29) is 23.5 Å². The second kappa shape index (κ2) is 8.82. The Kier molecular flexibility index (Phi) is 6.24. The summed E-state index contributed by atoms with van der Waals surface area (Å²) in [5.74, 6) is -0.983. The van der Waals surface area contributed by atoms with Gasteiger partial charge in [0, 0.05) is 18.7 Å². The maximum Gasteiger partial charge on any atom is 0.335 e. The van der Waals surface area contributed by atoms with E-state index < -0.39 is 5.97 Å². The van der Waals surface area contributed by atoms with Crippen LogP contribution in [0.15, 0.2) is 54.6 Å². The van der Waals surface area contributed by atoms with Crippen LogP contribution in [-0.4, -0.2) is 46.2 Å². The van der Waals surface area contributed by atoms with Crippen LogP contribution in [0.2, 0.25) is 0 Å². The van der Waals surface area contributed by atoms with Gasteiger partial charge >= 0.3 is 5.97 Å². The largest absolute Gasteiger partial charge is 0.478 e. The fourth-order valence-electron chi connectivity index (χ4n) is 3.65. The molecule has 1 saturated heterocycles. The number of aliphatic hydroxyl groups excluding tert-OH is 1. The lowest BCUT2D eigenvalue weighted by Gasteiger charge is -2.34. The zero-order valence-electron chi connectivity index (χ0n) is 15.3. The Hall–Kier alpha value is -2.66. The molecule has 5 nitrogen and oxygen atoms in total. The number of aryl methyl sites for hydroxylation is 1. The van der Waals surface area contributed by atoms with Crippen LogP contribution in [0, 0.1) is 5.92 Å². The molecule has 2 N–H and O–H groups in total. The number of carbonyl (C=O) groups excluding carboxylic acids is 1. The SMILES string of the molecule is O=C(O)c1cccc(C(=O)N2CCC(C(O)CCc3ccccc3)CC2)c1. The molecule has 1 aliphatic rings. The molecule has 0 spiro atoms. The minimum atomic E-state index is -1.04. The number of hydrogen-bond donors (Lipinski definition) is 2. The van der Waals surface area contributed by atoms with E-state index in [1.54, 1.807) is 17.0 Å². The Morgan fingerprint density at radius 3 is 2.33 bits per heavy atom. The fourth-order valence-corrected chi connectivity index (χ4v) is 3.65. The molecule has 2 aromatic rings. The van der Waals surface area contributed by atoms with Crippen molar-refractivity contribution in [3.63, 3.8) is 0 Å². The van der Waals surface area contributed by atoms with E-state index in [4.69, 9.17) is 5.11 Å². The first-order chi connectivity index (χ1) is 13.0. The maximum absolute atomic E-state index is 12.6. The zero-order valence-corrected chi connectivity index (χ0v) is 15.3. The number of carboxylic acids is 1. The number of hydrogen-bond acceptors (Lipinski definition) is 3. The van der Waals surface area contributed by atoms with Crippen LogP contribution in [0.1, 0.15) is 45.5 Å². The number of aliphatic hydroxyl groups is 1. The van der Waals surface area contributed by atoms with E-state index in [0.29, 0.717) is 18.7 Å². The lowest BCUT2D eigenvalue weighted by atomic mass is 9.88. The molecule has 1 amide bonds. The highest BCUT2D eigenvalue weighted by molar-refractivity contribution is 5.97. The summed E-state index contributed by atoms with van der Waals surface area (Å²) in [7, 11) is 0. The van der Waals surface area contributed by atoms with E-state index in [0.717, 1.165) is 25.7 Å². The van der Waals surface area contributed by atoms with Crippen LogP contribution in [0.4, 0.5) is 0 Å². The third-order valence-corrected chi connectivity index (χ3v) is 5.30. The molecule has 3 rings (SSSR count). The fraction of sp³-hybridized carbons (Fsp3) is 0.364. The number of aromatic carboxylic acids is 1. The number of carboxylic acid groups (broad SMARTS) is 1. The van der Waals surface area contributed by atoms with E-state index in [9.17, 15) is 14.7 Å². The van der Waals surface area contributed by atoms with Gasteiger partial charge in [-0.15, -0.1) is 0 Å². The van der Waals surface area contributed by atoms with Crippen LogP contribution in [0.5, 0.6) is 0 Å². The van der Waals surface area contributed by atoms with Gasteiger partial charge in [0.1, 0.15) is 0 Å². The average Bonchev–Trinajstić information content (AvgIpc) is 2.72. The molecule has 27 heavy (non-hydrogen) atoms. The second-order valence-electron chi connectivity index (χ2n) is 7.11. The molecule has 1 aliphatic heterocycles. The summed E-state index contributed by atoms with van der Waals surface area (Å²) in [5, 5.41) is 19.6. The van der Waals surface area contributed by atoms with Gasteiger partial charge in [-0.3, -0.25) is 4.79 Å². The predicted octanol–water partition coefficient (Wildman–Crippen LogP) is 3.23. The molecule has 5 heteroatoms. The van der Waals surface area contributed by atoms with E-state index in [2.05, 4.69) is 12.1 Å². The number of rotatable bonds is 6. The summed E-state index contributed by atoms with van der Waals surface area (Å²) in [6.45, 7) is 1.17. The van der Waals surface area contributed by atoms with E-state index in [1.165, 1.54) is 17.7 Å². The molecule has 1 heterocycles. The van der Waals surface area contributed by atoms with Gasteiger partial charge in [0.05, 0.1) is 11.7 Å². The molecule has 2 aromatic carbocycles. The molecule has 142 valence electrons. The van der Waals surface area contributed by atoms with Crippen molar-refractivity contribution in [1.29, 1.82) is 0 Å². The Bertz CT molecular complexity index is 782. The monoisotopic (exact) mass is 367 g/mol. The van der Waals surface area contributed by atoms with Crippen molar-refractivity contribution < 1.29 is 19.8 Å². The lowest BCUT2D eigenvalue weighted by molar-refractivity contribution is 0.0437. The summed E-state index contributed by atoms with van der Waals surface area (Å²) in [6.07, 6.45) is 2.74. The quantitative estimate of drug-likeness (QED) is 0.822. The van der Waals surface area contributed by atoms with Crippen molar-refractivity contribution >= 4 is 11.9 Å². The molecule has 1 atom stereocenters. The zero-order chi connectivity index (χ0) is 19.2. The molecule has 0 aliphatic carbocycles. The van der Waals surface area contributed by atoms with Crippen LogP contribution in [0.3, 0.4) is 0 Å². The highest BCUT2D eigenvalue weighted by Crippen LogP contribution is 2.24. The van der Waals surface area contributed by atoms with Crippen molar-refractivity contribution in [2.45, 2.75) is 31.8 Å². The number of benzene rings is 2. The first-order valence-electron chi connectivity index (χ1n) is 9.39. The maximum atomic E-state index is 12.6. The van der Waals surface area contributed by atoms with Crippen molar-refractivity contribution in [2.24, 2.45) is 5.92 Å². The summed E-state index contributed by atoms with van der Waals surface area (Å²) in [6, 6.07) is 16.3. The number of piperidine rings is 1. The van der Waals surface area contributed by atoms with Crippen molar-refractivity contribution in [2.75, 3.05) is 13.1 Å². The summed E-state index contributed by atoms with van der Waals surface area (Å²) >= 11 is 0. The van der Waals surface area contributed by atoms with Gasteiger partial charge in [-0.25, -0.2) is 4.79 Å². The van der Waals surface area contributed by atoms with Crippen LogP contribution in [0.25, 0.3) is 0 Å². The van der Waals surface area contributed by atoms with Gasteiger partial charge in [0.2, 0.25) is 0 Å². The van der Waals surface area contributed by atoms with Gasteiger partial charge in [0.15, 0.2) is 0 Å². The highest BCUT2D eigenvalue weighted by atomic mass is 16.4. The Morgan fingerprint density at radius 1 is 1.00 bits per heavy atom. The van der Waals surface area contributed by atoms with Crippen LogP contribution >= 0.6 is 0 Å². The molecular formula is C22H25NO4. The Labute approximate surface area is 159 Å². The first kappa shape index (κ1) is 19.1. The van der Waals surface area contributed by atoms with Gasteiger partial charge < -0.3 is 15.1 Å². The average molecular weight is 367 g/mol. The molecule has 0 bridgehead atoms. The standard InChI is InChI=1S/C22H25NO4/c24-20(10-9-16-5-2-1-3-6-16)17-11-13-23(14-12-17)21(25)18-7-4-8-19(15-18)22(26)27/h1-8,15,17,20,24H,9-14H2,(H,26,27). The Morgan fingerprint density at radius 2 is 1.67 bits per heavy atom. The number of nitrogens with zero attached hydrogens (tertiary/aromatic N) is 1. The molecule has 0 aromatic heterocycles. The molecule has 0 radical (unpaired) electrons. The van der Waals surface area contributed by atoms with E-state index >= 15 is 0 Å². The Balaban J connectivity index is 1.51. The smallest absolute Gasteiger partial charge is 0.335 e. The summed E-state index contributed by atoms with van der Waals surface area (Å²) < 4.78 is 0. The number of amides is 1. The van der Waals surface area contributed by atoms with Crippen LogP contribution in [-0.2, 0) is 6.42 Å². The van der Waals surface area contributed by atoms with Crippen LogP contribution < -0.4 is 0 Å². The van der Waals surface area contributed by atoms with E-state index in [1.807, 2.05) is 18.2 Å². The van der Waals surface area contributed by atoms with Gasteiger partial charge in [0.25, 0.3) is 5.91 Å². The minimum absolute atomic E-state index is 0.118. The van der Waals surface area contributed by atoms with Crippen molar-refractivity contribution in [3.05, 3.63) is 71.3 Å². The van der Waals surface area contributed by atoms with Gasteiger partial charge in [-0.1, -0.05) is 36.4 Å². The highest BCUT2D eigenvalue weighted by Gasteiger charge is 2.28. The molecular weight excluding hydrogens is 342 g/mol. The minimum Gasteiger partial charge on any atom is -0.478 e. The van der Waals surface area contributed by atoms with Crippen molar-refractivity contribution in [3.8, 4) is 0 Å². The third-order valence-electron chi connectivity index (χ3n) is 5.30. The third kappa shape index (κ3) is 4.95. The number of carbonyl (C=O) groups is 2. The predicted molar refractivity (Wildman–Crippen MR) is 103 cm³/mol. The van der Waals surface area contributed by atoms with Crippen molar-refractivity contribution in [1.82, 2.24) is 4.90 Å². The van der Waals surface area contributed by atoms with Gasteiger partial charge in [-0.05, 0) is 55.4 Å². The normalized spacial score (nSPS) is 16.1. The van der Waals surface area contributed by atoms with Gasteiger partial charge in [-0.2, -0.15) is 0 Å². The number of likely N-dealkylation sites (tertiary alicyclic amines) is 1. The first-order valence-corrected chi connectivity index (χ1v) is 9.39. The second-order valence-corrected chi connectivity index (χ2v) is 7.11. The summed E-state index contributed by atoms with van der Waals surface area (Å²) in [4.78, 5) is 25.5. The molecule has 0 saturated carbocycles. The summed E-state index contributed by atoms with van der Waals surface area (Å²) in [5.41, 5.74) is 1.74. The molecule has 1 unspecified atom stereocenters.